The summed E-state index contributed by atoms with van der Waals surface area (Å²) in [6.07, 6.45) is -0.528. The number of halogens is 1. The van der Waals surface area contributed by atoms with Crippen LogP contribution in [-0.4, -0.2) is 36.1 Å². The fourth-order valence-corrected chi connectivity index (χ4v) is 4.26. The van der Waals surface area contributed by atoms with E-state index in [1.165, 1.54) is 29.2 Å². The molecule has 2 aromatic heterocycles. The molecule has 0 aliphatic carbocycles. The molecule has 0 saturated carbocycles. The predicted octanol–water partition coefficient (Wildman–Crippen LogP) is 4.42. The minimum absolute atomic E-state index is 0.0187. The number of carbonyl (C=O) groups excluding carboxylic acids is 1. The van der Waals surface area contributed by atoms with E-state index in [0.717, 1.165) is 5.01 Å². The van der Waals surface area contributed by atoms with Crippen LogP contribution in [0.15, 0.2) is 29.4 Å². The van der Waals surface area contributed by atoms with E-state index in [4.69, 9.17) is 4.74 Å². The average Bonchev–Trinajstić information content (AvgIpc) is 3.29. The summed E-state index contributed by atoms with van der Waals surface area (Å²) in [5.74, 6) is 0.0687. The van der Waals surface area contributed by atoms with E-state index in [0.29, 0.717) is 16.1 Å². The molecule has 0 bridgehead atoms. The van der Waals surface area contributed by atoms with Gasteiger partial charge in [0.15, 0.2) is 28.7 Å². The summed E-state index contributed by atoms with van der Waals surface area (Å²) in [4.78, 5) is 12.5. The summed E-state index contributed by atoms with van der Waals surface area (Å²) in [6.45, 7) is 9.37. The van der Waals surface area contributed by atoms with Crippen LogP contribution in [0.1, 0.15) is 50.7 Å². The molecule has 3 rings (SSSR count). The summed E-state index contributed by atoms with van der Waals surface area (Å²) in [7, 11) is 0. The van der Waals surface area contributed by atoms with Crippen molar-refractivity contribution in [3.63, 3.8) is 0 Å². The van der Waals surface area contributed by atoms with E-state index >= 15 is 0 Å². The molecule has 160 valence electrons. The number of hydrogen-bond acceptors (Lipinski definition) is 8. The molecule has 1 N–H and O–H groups in total. The van der Waals surface area contributed by atoms with E-state index in [2.05, 4.69) is 25.7 Å². The zero-order valence-corrected chi connectivity index (χ0v) is 18.9. The third-order valence-corrected chi connectivity index (χ3v) is 5.93. The first-order chi connectivity index (χ1) is 14.3. The molecule has 0 aliphatic rings. The lowest BCUT2D eigenvalue weighted by Gasteiger charge is -2.19. The Morgan fingerprint density at radius 1 is 1.17 bits per heavy atom. The summed E-state index contributed by atoms with van der Waals surface area (Å²) < 4.78 is 21.6. The number of rotatable bonds is 8. The highest BCUT2D eigenvalue weighted by molar-refractivity contribution is 8.00. The Balaban J connectivity index is 1.75. The molecular weight excluding hydrogens is 427 g/mol. The summed E-state index contributed by atoms with van der Waals surface area (Å²) in [5, 5.41) is 20.5. The van der Waals surface area contributed by atoms with Gasteiger partial charge in [-0.1, -0.05) is 35.2 Å². The van der Waals surface area contributed by atoms with Crippen LogP contribution in [0.5, 0.6) is 5.75 Å². The van der Waals surface area contributed by atoms with Gasteiger partial charge in [0, 0.05) is 6.04 Å². The maximum absolute atomic E-state index is 13.9. The van der Waals surface area contributed by atoms with Crippen LogP contribution < -0.4 is 10.1 Å². The highest BCUT2D eigenvalue weighted by atomic mass is 32.2. The average molecular weight is 451 g/mol. The fraction of sp³-hybridized carbons (Fsp3) is 0.421. The second-order valence-corrected chi connectivity index (χ2v) is 9.36. The normalized spacial score (nSPS) is 13.3. The van der Waals surface area contributed by atoms with Gasteiger partial charge in [0.1, 0.15) is 5.01 Å². The highest BCUT2D eigenvalue weighted by Crippen LogP contribution is 2.30. The van der Waals surface area contributed by atoms with Crippen molar-refractivity contribution in [2.24, 2.45) is 0 Å². The van der Waals surface area contributed by atoms with Gasteiger partial charge in [-0.15, -0.1) is 20.4 Å². The molecule has 1 amide bonds. The van der Waals surface area contributed by atoms with Crippen LogP contribution in [-0.2, 0) is 4.79 Å². The van der Waals surface area contributed by atoms with Gasteiger partial charge >= 0.3 is 0 Å². The second kappa shape index (κ2) is 9.52. The molecule has 3 aromatic rings. The predicted molar refractivity (Wildman–Crippen MR) is 114 cm³/mol. The standard InChI is InChI=1S/C19H23FN6O2S2/c1-10(2)26-16(11(3)28-15-9-7-6-8-14(15)20)23-25-19(26)29-12(4)17(27)21-18-24-22-13(5)30-18/h6-12H,1-5H3,(H,21,24,27). The maximum Gasteiger partial charge on any atom is 0.239 e. The second-order valence-electron chi connectivity index (χ2n) is 6.87. The fourth-order valence-electron chi connectivity index (χ4n) is 2.68. The highest BCUT2D eigenvalue weighted by Gasteiger charge is 2.25. The van der Waals surface area contributed by atoms with Crippen molar-refractivity contribution in [3.05, 3.63) is 40.9 Å². The van der Waals surface area contributed by atoms with Crippen molar-refractivity contribution >= 4 is 34.1 Å². The number of aromatic nitrogens is 5. The van der Waals surface area contributed by atoms with Gasteiger partial charge in [0.2, 0.25) is 11.0 Å². The molecule has 2 unspecified atom stereocenters. The molecule has 2 atom stereocenters. The minimum atomic E-state index is -0.528. The number of anilines is 1. The quantitative estimate of drug-likeness (QED) is 0.508. The Kier molecular flexibility index (Phi) is 7.03. The smallest absolute Gasteiger partial charge is 0.239 e. The number of thioether (sulfide) groups is 1. The molecule has 11 heteroatoms. The summed E-state index contributed by atoms with van der Waals surface area (Å²) in [6, 6.07) is 6.24. The monoisotopic (exact) mass is 450 g/mol. The van der Waals surface area contributed by atoms with Gasteiger partial charge in [0.05, 0.1) is 5.25 Å². The van der Waals surface area contributed by atoms with Gasteiger partial charge in [-0.05, 0) is 46.8 Å². The summed E-state index contributed by atoms with van der Waals surface area (Å²) in [5.41, 5.74) is 0. The number of hydrogen-bond donors (Lipinski definition) is 1. The Labute approximate surface area is 182 Å². The van der Waals surface area contributed by atoms with Crippen molar-refractivity contribution in [2.75, 3.05) is 5.32 Å². The van der Waals surface area contributed by atoms with Gasteiger partial charge in [-0.3, -0.25) is 10.1 Å². The van der Waals surface area contributed by atoms with E-state index < -0.39 is 17.2 Å². The van der Waals surface area contributed by atoms with E-state index in [1.807, 2.05) is 25.3 Å². The van der Waals surface area contributed by atoms with Crippen molar-refractivity contribution in [1.82, 2.24) is 25.0 Å². The number of benzene rings is 1. The molecule has 0 spiro atoms. The van der Waals surface area contributed by atoms with Crippen LogP contribution >= 0.6 is 23.1 Å². The number of nitrogens with one attached hydrogen (secondary N) is 1. The number of nitrogens with zero attached hydrogens (tertiary/aromatic N) is 5. The Hall–Kier alpha value is -2.53. The molecule has 0 saturated heterocycles. The minimum Gasteiger partial charge on any atom is -0.480 e. The van der Waals surface area contributed by atoms with E-state index in [-0.39, 0.29) is 17.7 Å². The largest absolute Gasteiger partial charge is 0.480 e. The Morgan fingerprint density at radius 3 is 2.53 bits per heavy atom. The molecule has 8 nitrogen and oxygen atoms in total. The lowest BCUT2D eigenvalue weighted by molar-refractivity contribution is -0.115. The Bertz CT molecular complexity index is 1020. The van der Waals surface area contributed by atoms with Crippen molar-refractivity contribution in [3.8, 4) is 5.75 Å². The number of carbonyl (C=O) groups is 1. The van der Waals surface area contributed by atoms with Gasteiger partial charge < -0.3 is 9.30 Å². The van der Waals surface area contributed by atoms with Crippen LogP contribution in [0.3, 0.4) is 0 Å². The van der Waals surface area contributed by atoms with Crippen LogP contribution in [0.4, 0.5) is 9.52 Å². The van der Waals surface area contributed by atoms with Crippen molar-refractivity contribution in [2.45, 2.75) is 57.2 Å². The van der Waals surface area contributed by atoms with Gasteiger partial charge in [0.25, 0.3) is 0 Å². The molecule has 0 fully saturated rings. The zero-order valence-electron chi connectivity index (χ0n) is 17.3. The molecule has 0 radical (unpaired) electrons. The lowest BCUT2D eigenvalue weighted by Crippen LogP contribution is -2.23. The van der Waals surface area contributed by atoms with E-state index in [9.17, 15) is 9.18 Å². The number of para-hydroxylation sites is 1. The van der Waals surface area contributed by atoms with Crippen LogP contribution in [0, 0.1) is 12.7 Å². The summed E-state index contributed by atoms with van der Waals surface area (Å²) >= 11 is 2.60. The van der Waals surface area contributed by atoms with E-state index in [1.54, 1.807) is 32.0 Å². The third-order valence-electron chi connectivity index (χ3n) is 4.12. The van der Waals surface area contributed by atoms with Crippen molar-refractivity contribution < 1.29 is 13.9 Å². The topological polar surface area (TPSA) is 94.8 Å². The zero-order chi connectivity index (χ0) is 21.8. The van der Waals surface area contributed by atoms with Crippen molar-refractivity contribution in [1.29, 1.82) is 0 Å². The van der Waals surface area contributed by atoms with Crippen LogP contribution in [0.2, 0.25) is 0 Å². The SMILES string of the molecule is Cc1nnc(NC(=O)C(C)Sc2nnc(C(C)Oc3ccccc3F)n2C(C)C)s1. The number of aryl methyl sites for hydroxylation is 1. The molecule has 30 heavy (non-hydrogen) atoms. The first-order valence-corrected chi connectivity index (χ1v) is 11.1. The maximum atomic E-state index is 13.9. The van der Waals surface area contributed by atoms with Gasteiger partial charge in [-0.2, -0.15) is 0 Å². The molecule has 0 aliphatic heterocycles. The lowest BCUT2D eigenvalue weighted by atomic mass is 10.3. The third kappa shape index (κ3) is 5.14. The van der Waals surface area contributed by atoms with Gasteiger partial charge in [-0.25, -0.2) is 4.39 Å². The first kappa shape index (κ1) is 22.2. The molecule has 1 aromatic carbocycles. The first-order valence-electron chi connectivity index (χ1n) is 9.39. The molecular formula is C19H23FN6O2S2. The number of ether oxygens (including phenoxy) is 1. The Morgan fingerprint density at radius 2 is 1.90 bits per heavy atom. The number of amides is 1. The molecule has 2 heterocycles. The van der Waals surface area contributed by atoms with Crippen LogP contribution in [0.25, 0.3) is 0 Å².